The molecule has 1 N–H and O–H groups in total. The van der Waals surface area contributed by atoms with Crippen molar-refractivity contribution in [3.05, 3.63) is 129 Å². The predicted molar refractivity (Wildman–Crippen MR) is 179 cm³/mol. The quantitative estimate of drug-likeness (QED) is 0.190. The number of hydrogen-bond acceptors (Lipinski definition) is 4. The summed E-state index contributed by atoms with van der Waals surface area (Å²) < 4.78 is 30.5. The van der Waals surface area contributed by atoms with Gasteiger partial charge in [0.05, 0.1) is 10.6 Å². The SMILES string of the molecule is CCNC(=O)C(Cc1ccccc1)N(Cc1cccc(Br)c1)C(=O)CN(c1cccc(C)c1C)S(=O)(=O)c1ccc(C)cc1. The van der Waals surface area contributed by atoms with E-state index < -0.39 is 28.5 Å². The van der Waals surface area contributed by atoms with Gasteiger partial charge in [-0.05, 0) is 80.3 Å². The van der Waals surface area contributed by atoms with Crippen LogP contribution in [-0.4, -0.2) is 44.3 Å². The number of hydrogen-bond donors (Lipinski definition) is 1. The van der Waals surface area contributed by atoms with Crippen LogP contribution >= 0.6 is 15.9 Å². The maximum atomic E-state index is 14.5. The van der Waals surface area contributed by atoms with Gasteiger partial charge >= 0.3 is 0 Å². The molecule has 2 amide bonds. The number of benzene rings is 4. The first kappa shape index (κ1) is 33.0. The second-order valence-corrected chi connectivity index (χ2v) is 13.6. The number of aryl methyl sites for hydroxylation is 2. The van der Waals surface area contributed by atoms with E-state index in [1.54, 1.807) is 36.4 Å². The molecule has 1 atom stereocenters. The van der Waals surface area contributed by atoms with Gasteiger partial charge in [-0.1, -0.05) is 88.2 Å². The lowest BCUT2D eigenvalue weighted by atomic mass is 10.0. The molecule has 0 saturated carbocycles. The average molecular weight is 677 g/mol. The van der Waals surface area contributed by atoms with Crippen molar-refractivity contribution in [2.24, 2.45) is 0 Å². The normalized spacial score (nSPS) is 11.9. The van der Waals surface area contributed by atoms with Gasteiger partial charge in [0.15, 0.2) is 0 Å². The van der Waals surface area contributed by atoms with Crippen molar-refractivity contribution in [3.63, 3.8) is 0 Å². The zero-order valence-corrected chi connectivity index (χ0v) is 27.9. The molecule has 0 saturated heterocycles. The van der Waals surface area contributed by atoms with Gasteiger partial charge < -0.3 is 10.2 Å². The maximum absolute atomic E-state index is 14.5. The van der Waals surface area contributed by atoms with Crippen molar-refractivity contribution in [1.82, 2.24) is 10.2 Å². The van der Waals surface area contributed by atoms with Crippen molar-refractivity contribution < 1.29 is 18.0 Å². The average Bonchev–Trinajstić information content (AvgIpc) is 3.00. The first-order chi connectivity index (χ1) is 21.0. The molecule has 230 valence electrons. The van der Waals surface area contributed by atoms with Crippen molar-refractivity contribution in [1.29, 1.82) is 0 Å². The molecule has 9 heteroatoms. The third-order valence-corrected chi connectivity index (χ3v) is 9.86. The van der Waals surface area contributed by atoms with Crippen LogP contribution in [0.25, 0.3) is 0 Å². The summed E-state index contributed by atoms with van der Waals surface area (Å²) in [6.45, 7) is 7.47. The maximum Gasteiger partial charge on any atom is 0.264 e. The molecule has 4 aromatic rings. The van der Waals surface area contributed by atoms with Crippen LogP contribution < -0.4 is 9.62 Å². The van der Waals surface area contributed by atoms with Crippen LogP contribution in [0.4, 0.5) is 5.69 Å². The van der Waals surface area contributed by atoms with Crippen LogP contribution in [0.5, 0.6) is 0 Å². The molecule has 0 aliphatic rings. The van der Waals surface area contributed by atoms with E-state index in [-0.39, 0.29) is 23.8 Å². The highest BCUT2D eigenvalue weighted by Crippen LogP contribution is 2.29. The Morgan fingerprint density at radius 1 is 0.841 bits per heavy atom. The summed E-state index contributed by atoms with van der Waals surface area (Å²) >= 11 is 3.51. The lowest BCUT2D eigenvalue weighted by molar-refractivity contribution is -0.140. The van der Waals surface area contributed by atoms with E-state index in [9.17, 15) is 18.0 Å². The van der Waals surface area contributed by atoms with Gasteiger partial charge in [0.2, 0.25) is 11.8 Å². The number of carbonyl (C=O) groups excluding carboxylic acids is 2. The zero-order valence-electron chi connectivity index (χ0n) is 25.5. The van der Waals surface area contributed by atoms with Crippen LogP contribution in [0.1, 0.15) is 34.7 Å². The number of rotatable bonds is 12. The van der Waals surface area contributed by atoms with Gasteiger partial charge in [0.25, 0.3) is 10.0 Å². The van der Waals surface area contributed by atoms with E-state index in [2.05, 4.69) is 21.2 Å². The van der Waals surface area contributed by atoms with Crippen LogP contribution in [0, 0.1) is 20.8 Å². The zero-order chi connectivity index (χ0) is 31.9. The summed E-state index contributed by atoms with van der Waals surface area (Å²) in [6.07, 6.45) is 0.264. The fraction of sp³-hybridized carbons (Fsp3) is 0.257. The fourth-order valence-electron chi connectivity index (χ4n) is 5.03. The van der Waals surface area contributed by atoms with Crippen molar-refractivity contribution >= 4 is 43.5 Å². The number of nitrogens with one attached hydrogen (secondary N) is 1. The molecule has 0 bridgehead atoms. The molecule has 7 nitrogen and oxygen atoms in total. The highest BCUT2D eigenvalue weighted by atomic mass is 79.9. The van der Waals surface area contributed by atoms with Crippen LogP contribution in [0.15, 0.2) is 106 Å². The number of carbonyl (C=O) groups is 2. The predicted octanol–water partition coefficient (Wildman–Crippen LogP) is 6.35. The molecular weight excluding hydrogens is 638 g/mol. The number of amides is 2. The molecule has 0 aliphatic carbocycles. The Morgan fingerprint density at radius 2 is 1.50 bits per heavy atom. The standard InChI is InChI=1S/C35H38BrN3O4S/c1-5-37-35(41)33(22-28-12-7-6-8-13-28)38(23-29-14-10-15-30(36)21-29)34(40)24-39(32-16-9-11-26(3)27(32)4)44(42,43)31-19-17-25(2)18-20-31/h6-21,33H,5,22-24H2,1-4H3,(H,37,41). The van der Waals surface area contributed by atoms with E-state index in [1.807, 2.05) is 88.4 Å². The van der Waals surface area contributed by atoms with E-state index in [0.29, 0.717) is 12.2 Å². The minimum absolute atomic E-state index is 0.0832. The molecule has 0 fully saturated rings. The first-order valence-corrected chi connectivity index (χ1v) is 16.8. The van der Waals surface area contributed by atoms with Crippen molar-refractivity contribution in [3.8, 4) is 0 Å². The van der Waals surface area contributed by atoms with Crippen LogP contribution in [0.3, 0.4) is 0 Å². The van der Waals surface area contributed by atoms with E-state index in [0.717, 1.165) is 32.3 Å². The Kier molecular flexibility index (Phi) is 11.0. The Labute approximate surface area is 269 Å². The molecular formula is C35H38BrN3O4S. The van der Waals surface area contributed by atoms with E-state index in [1.165, 1.54) is 9.21 Å². The lowest BCUT2D eigenvalue weighted by Crippen LogP contribution is -2.53. The van der Waals surface area contributed by atoms with Gasteiger partial charge in [0.1, 0.15) is 12.6 Å². The molecule has 0 radical (unpaired) electrons. The molecule has 0 aromatic heterocycles. The highest BCUT2D eigenvalue weighted by Gasteiger charge is 2.35. The lowest BCUT2D eigenvalue weighted by Gasteiger charge is -2.34. The molecule has 1 unspecified atom stereocenters. The third kappa shape index (κ3) is 7.95. The number of nitrogens with zero attached hydrogens (tertiary/aromatic N) is 2. The summed E-state index contributed by atoms with van der Waals surface area (Å²) in [6, 6.07) is 28.1. The monoisotopic (exact) mass is 675 g/mol. The summed E-state index contributed by atoms with van der Waals surface area (Å²) in [5.74, 6) is -0.798. The summed E-state index contributed by atoms with van der Waals surface area (Å²) in [7, 11) is -4.16. The Bertz CT molecular complexity index is 1710. The molecule has 44 heavy (non-hydrogen) atoms. The largest absolute Gasteiger partial charge is 0.355 e. The molecule has 4 aromatic carbocycles. The minimum atomic E-state index is -4.16. The van der Waals surface area contributed by atoms with E-state index >= 15 is 0 Å². The summed E-state index contributed by atoms with van der Waals surface area (Å²) in [4.78, 5) is 29.7. The van der Waals surface area contributed by atoms with Crippen molar-refractivity contribution in [2.45, 2.75) is 51.6 Å². The van der Waals surface area contributed by atoms with Crippen LogP contribution in [0.2, 0.25) is 0 Å². The van der Waals surface area contributed by atoms with Gasteiger partial charge in [-0.2, -0.15) is 0 Å². The molecule has 0 heterocycles. The van der Waals surface area contributed by atoms with E-state index in [4.69, 9.17) is 0 Å². The third-order valence-electron chi connectivity index (χ3n) is 7.60. The van der Waals surface area contributed by atoms with Gasteiger partial charge in [-0.15, -0.1) is 0 Å². The molecule has 0 aliphatic heterocycles. The van der Waals surface area contributed by atoms with Crippen LogP contribution in [-0.2, 0) is 32.6 Å². The number of likely N-dealkylation sites (N-methyl/N-ethyl adjacent to an activating group) is 1. The van der Waals surface area contributed by atoms with Crippen molar-refractivity contribution in [2.75, 3.05) is 17.4 Å². The summed E-state index contributed by atoms with van der Waals surface area (Å²) in [5, 5.41) is 2.89. The second kappa shape index (κ2) is 14.7. The topological polar surface area (TPSA) is 86.8 Å². The molecule has 4 rings (SSSR count). The first-order valence-electron chi connectivity index (χ1n) is 14.5. The number of anilines is 1. The second-order valence-electron chi connectivity index (χ2n) is 10.8. The Morgan fingerprint density at radius 3 is 2.16 bits per heavy atom. The fourth-order valence-corrected chi connectivity index (χ4v) is 6.95. The smallest absolute Gasteiger partial charge is 0.264 e. The molecule has 0 spiro atoms. The number of sulfonamides is 1. The summed E-state index contributed by atoms with van der Waals surface area (Å²) in [5.41, 5.74) is 4.67. The minimum Gasteiger partial charge on any atom is -0.355 e. The highest BCUT2D eigenvalue weighted by molar-refractivity contribution is 9.10. The Hall–Kier alpha value is -3.95. The van der Waals surface area contributed by atoms with Gasteiger partial charge in [-0.25, -0.2) is 8.42 Å². The Balaban J connectivity index is 1.83. The van der Waals surface area contributed by atoms with Gasteiger partial charge in [-0.3, -0.25) is 13.9 Å². The van der Waals surface area contributed by atoms with Gasteiger partial charge in [0, 0.05) is 24.0 Å². The number of halogens is 1.